The highest BCUT2D eigenvalue weighted by molar-refractivity contribution is 4.98. The molecule has 0 fully saturated rings. The largest absolute Gasteiger partial charge is 0.365 e. The quantitative estimate of drug-likeness (QED) is 0.0293. The number of hydrogen-bond acceptors (Lipinski definition) is 2. The Morgan fingerprint density at radius 1 is 0.447 bits per heavy atom. The lowest BCUT2D eigenvalue weighted by molar-refractivity contribution is 0.0604. The molecule has 0 spiro atoms. The molecule has 0 bridgehead atoms. The van der Waals surface area contributed by atoms with Crippen LogP contribution in [0.2, 0.25) is 0 Å². The molecular weight excluding hydrogens is 571 g/mol. The van der Waals surface area contributed by atoms with E-state index in [1.54, 1.807) is 0 Å². The summed E-state index contributed by atoms with van der Waals surface area (Å²) < 4.78 is 6.31. The van der Waals surface area contributed by atoms with Crippen molar-refractivity contribution >= 4 is 0 Å². The van der Waals surface area contributed by atoms with Crippen LogP contribution in [0.1, 0.15) is 201 Å². The standard InChI is InChI=1S/C45H81NO/c1-5-9-11-13-15-17-19-21-23-25-27-29-31-33-35-37-39-42-45(47-44-40-43-46(7-3)8-4)41-38-36-34-32-30-28-26-24-22-20-18-16-14-12-10-6-2/h16-19,22-25,45H,5-15,20-21,26-39,41-42,44H2,1-4H3/b18-16+,19-17+,24-22+,25-23+. The molecule has 272 valence electrons. The zero-order chi connectivity index (χ0) is 34.1. The summed E-state index contributed by atoms with van der Waals surface area (Å²) in [5.74, 6) is 3.27. The zero-order valence-corrected chi connectivity index (χ0v) is 32.3. The van der Waals surface area contributed by atoms with Crippen molar-refractivity contribution in [1.82, 2.24) is 4.90 Å². The summed E-state index contributed by atoms with van der Waals surface area (Å²) in [5.41, 5.74) is 0. The third-order valence-corrected chi connectivity index (χ3v) is 9.10. The van der Waals surface area contributed by atoms with E-state index in [0.29, 0.717) is 12.7 Å². The summed E-state index contributed by atoms with van der Waals surface area (Å²) in [5, 5.41) is 0. The molecule has 0 heterocycles. The molecular formula is C45H81NO. The molecule has 0 N–H and O–H groups in total. The van der Waals surface area contributed by atoms with E-state index in [0.717, 1.165) is 25.9 Å². The van der Waals surface area contributed by atoms with E-state index in [4.69, 9.17) is 4.74 Å². The molecule has 0 rings (SSSR count). The number of allylic oxidation sites excluding steroid dienone is 8. The van der Waals surface area contributed by atoms with E-state index < -0.39 is 0 Å². The van der Waals surface area contributed by atoms with Crippen molar-refractivity contribution in [3.63, 3.8) is 0 Å². The summed E-state index contributed by atoms with van der Waals surface area (Å²) >= 11 is 0. The van der Waals surface area contributed by atoms with Gasteiger partial charge in [0, 0.05) is 19.1 Å². The van der Waals surface area contributed by atoms with Gasteiger partial charge in [0.1, 0.15) is 6.61 Å². The van der Waals surface area contributed by atoms with Gasteiger partial charge in [0.05, 0.1) is 6.10 Å². The van der Waals surface area contributed by atoms with Crippen molar-refractivity contribution in [2.24, 2.45) is 0 Å². The molecule has 0 aromatic carbocycles. The highest BCUT2D eigenvalue weighted by atomic mass is 16.5. The van der Waals surface area contributed by atoms with Gasteiger partial charge in [-0.1, -0.05) is 165 Å². The van der Waals surface area contributed by atoms with E-state index in [1.165, 1.54) is 161 Å². The molecule has 0 aromatic rings. The molecule has 0 saturated carbocycles. The van der Waals surface area contributed by atoms with Crippen LogP contribution in [0.5, 0.6) is 0 Å². The van der Waals surface area contributed by atoms with Gasteiger partial charge >= 0.3 is 0 Å². The first-order valence-corrected chi connectivity index (χ1v) is 20.7. The Morgan fingerprint density at radius 2 is 0.809 bits per heavy atom. The third kappa shape index (κ3) is 37.0. The van der Waals surface area contributed by atoms with Crippen LogP contribution in [-0.4, -0.2) is 30.7 Å². The van der Waals surface area contributed by atoms with E-state index in [-0.39, 0.29) is 0 Å². The Hall–Kier alpha value is -1.72. The second-order valence-corrected chi connectivity index (χ2v) is 13.5. The highest BCUT2D eigenvalue weighted by Crippen LogP contribution is 2.17. The molecule has 0 aromatic heterocycles. The molecule has 2 nitrogen and oxygen atoms in total. The van der Waals surface area contributed by atoms with E-state index in [9.17, 15) is 0 Å². The van der Waals surface area contributed by atoms with Crippen molar-refractivity contribution in [2.75, 3.05) is 19.7 Å². The molecule has 1 unspecified atom stereocenters. The van der Waals surface area contributed by atoms with Crippen LogP contribution in [0.3, 0.4) is 0 Å². The smallest absolute Gasteiger partial charge is 0.109 e. The van der Waals surface area contributed by atoms with Crippen LogP contribution < -0.4 is 0 Å². The molecule has 2 heteroatoms. The average molecular weight is 652 g/mol. The van der Waals surface area contributed by atoms with Gasteiger partial charge in [-0.15, -0.1) is 0 Å². The zero-order valence-electron chi connectivity index (χ0n) is 32.3. The predicted molar refractivity (Wildman–Crippen MR) is 213 cm³/mol. The van der Waals surface area contributed by atoms with Gasteiger partial charge in [0.2, 0.25) is 0 Å². The second-order valence-electron chi connectivity index (χ2n) is 13.5. The van der Waals surface area contributed by atoms with Crippen LogP contribution in [0.25, 0.3) is 0 Å². The van der Waals surface area contributed by atoms with Gasteiger partial charge < -0.3 is 9.64 Å². The fraction of sp³-hybridized carbons (Fsp3) is 0.778. The van der Waals surface area contributed by atoms with E-state index in [1.807, 2.05) is 0 Å². The van der Waals surface area contributed by atoms with Crippen molar-refractivity contribution in [3.8, 4) is 12.0 Å². The summed E-state index contributed by atoms with van der Waals surface area (Å²) in [6.45, 7) is 11.4. The first-order chi connectivity index (χ1) is 23.3. The summed E-state index contributed by atoms with van der Waals surface area (Å²) in [7, 11) is 0. The monoisotopic (exact) mass is 652 g/mol. The Labute approximate surface area is 296 Å². The van der Waals surface area contributed by atoms with Crippen molar-refractivity contribution in [3.05, 3.63) is 48.6 Å². The summed E-state index contributed by atoms with van der Waals surface area (Å²) in [4.78, 5) is 2.16. The van der Waals surface area contributed by atoms with Gasteiger partial charge in [-0.25, -0.2) is 0 Å². The van der Waals surface area contributed by atoms with Gasteiger partial charge in [-0.05, 0) is 90.9 Å². The van der Waals surface area contributed by atoms with Crippen molar-refractivity contribution in [2.45, 2.75) is 207 Å². The molecule has 0 radical (unpaired) electrons. The molecule has 0 amide bonds. The maximum absolute atomic E-state index is 6.31. The van der Waals surface area contributed by atoms with Gasteiger partial charge in [0.25, 0.3) is 0 Å². The van der Waals surface area contributed by atoms with Crippen LogP contribution in [0.4, 0.5) is 0 Å². The highest BCUT2D eigenvalue weighted by Gasteiger charge is 2.08. The average Bonchev–Trinajstić information content (AvgIpc) is 3.09. The number of rotatable bonds is 35. The fourth-order valence-electron chi connectivity index (χ4n) is 5.89. The number of ether oxygens (including phenoxy) is 1. The second kappa shape index (κ2) is 40.5. The lowest BCUT2D eigenvalue weighted by Crippen LogP contribution is -2.17. The summed E-state index contributed by atoms with van der Waals surface area (Å²) in [6.07, 6.45) is 54.4. The molecule has 0 aliphatic heterocycles. The Bertz CT molecular complexity index is 778. The summed E-state index contributed by atoms with van der Waals surface area (Å²) in [6, 6.07) is 3.27. The van der Waals surface area contributed by atoms with Gasteiger partial charge in [-0.3, -0.25) is 0 Å². The van der Waals surface area contributed by atoms with Crippen molar-refractivity contribution < 1.29 is 4.74 Å². The molecule has 1 atom stereocenters. The van der Waals surface area contributed by atoms with Crippen LogP contribution >= 0.6 is 0 Å². The molecule has 0 saturated heterocycles. The molecule has 0 aliphatic rings. The first-order valence-electron chi connectivity index (χ1n) is 20.7. The lowest BCUT2D eigenvalue weighted by Gasteiger charge is -2.17. The predicted octanol–water partition coefficient (Wildman–Crippen LogP) is 14.5. The van der Waals surface area contributed by atoms with Gasteiger partial charge in [0.15, 0.2) is 0 Å². The number of unbranched alkanes of at least 4 members (excludes halogenated alkanes) is 19. The third-order valence-electron chi connectivity index (χ3n) is 9.10. The lowest BCUT2D eigenvalue weighted by atomic mass is 10.0. The minimum Gasteiger partial charge on any atom is -0.365 e. The van der Waals surface area contributed by atoms with E-state index in [2.05, 4.69) is 93.2 Å². The number of nitrogens with zero attached hydrogens (tertiary/aromatic N) is 1. The molecule has 47 heavy (non-hydrogen) atoms. The van der Waals surface area contributed by atoms with E-state index >= 15 is 0 Å². The Kier molecular flexibility index (Phi) is 39.0. The van der Waals surface area contributed by atoms with Crippen molar-refractivity contribution in [1.29, 1.82) is 0 Å². The normalized spacial score (nSPS) is 12.6. The first kappa shape index (κ1) is 45.3. The maximum atomic E-state index is 6.31. The maximum Gasteiger partial charge on any atom is 0.109 e. The van der Waals surface area contributed by atoms with Gasteiger partial charge in [-0.2, -0.15) is 0 Å². The Balaban J connectivity index is 4.01. The van der Waals surface area contributed by atoms with Crippen LogP contribution in [-0.2, 0) is 4.74 Å². The minimum atomic E-state index is 0.377. The topological polar surface area (TPSA) is 12.5 Å². The molecule has 0 aliphatic carbocycles. The minimum absolute atomic E-state index is 0.377. The van der Waals surface area contributed by atoms with Crippen LogP contribution in [0.15, 0.2) is 48.6 Å². The fourth-order valence-corrected chi connectivity index (χ4v) is 5.89. The number of hydrogen-bond donors (Lipinski definition) is 0. The Morgan fingerprint density at radius 3 is 1.23 bits per heavy atom. The SMILES string of the molecule is CCCCC/C=C/C/C=C/CCCCCCCCC(CCCCCCCC/C=C/C/C=C/CCCCCC)OCC#CN(CC)CC. The van der Waals surface area contributed by atoms with Crippen LogP contribution in [0, 0.1) is 12.0 Å².